The fourth-order valence-electron chi connectivity index (χ4n) is 1.66. The smallest absolute Gasteiger partial charge is 0.269 e. The van der Waals surface area contributed by atoms with Crippen molar-refractivity contribution in [2.75, 3.05) is 40.9 Å². The van der Waals surface area contributed by atoms with Gasteiger partial charge in [-0.05, 0) is 5.56 Å². The van der Waals surface area contributed by atoms with Crippen molar-refractivity contribution in [1.82, 2.24) is 15.5 Å². The standard InChI is InChI=1S/C15H23N5O4.HI/c1-19(2)14(21)11-18-15(16-8-9-24-3)17-10-12-4-6-13(7-5-12)20(22)23;/h4-7H,8-11H2,1-3H3,(H2,16,17,18);1H. The van der Waals surface area contributed by atoms with E-state index in [2.05, 4.69) is 15.6 Å². The molecule has 0 aliphatic heterocycles. The average molecular weight is 465 g/mol. The summed E-state index contributed by atoms with van der Waals surface area (Å²) in [7, 11) is 4.95. The summed E-state index contributed by atoms with van der Waals surface area (Å²) < 4.78 is 4.97. The quantitative estimate of drug-likeness (QED) is 0.148. The Morgan fingerprint density at radius 2 is 1.92 bits per heavy atom. The highest BCUT2D eigenvalue weighted by atomic mass is 127. The van der Waals surface area contributed by atoms with Crippen LogP contribution in [-0.2, 0) is 16.1 Å². The number of hydrogen-bond acceptors (Lipinski definition) is 5. The van der Waals surface area contributed by atoms with Crippen LogP contribution >= 0.6 is 24.0 Å². The van der Waals surface area contributed by atoms with Gasteiger partial charge in [0.2, 0.25) is 5.91 Å². The zero-order valence-electron chi connectivity index (χ0n) is 14.5. The van der Waals surface area contributed by atoms with Crippen LogP contribution in [0.4, 0.5) is 5.69 Å². The topological polar surface area (TPSA) is 109 Å². The number of ether oxygens (including phenoxy) is 1. The molecule has 140 valence electrons. The van der Waals surface area contributed by atoms with Gasteiger partial charge in [0.25, 0.3) is 5.69 Å². The molecule has 0 saturated carbocycles. The minimum Gasteiger partial charge on any atom is -0.383 e. The number of likely N-dealkylation sites (N-methyl/N-ethyl adjacent to an activating group) is 1. The Labute approximate surface area is 164 Å². The lowest BCUT2D eigenvalue weighted by atomic mass is 10.2. The van der Waals surface area contributed by atoms with Crippen molar-refractivity contribution in [3.63, 3.8) is 0 Å². The third kappa shape index (κ3) is 9.19. The molecule has 1 aromatic carbocycles. The summed E-state index contributed by atoms with van der Waals surface area (Å²) in [6.07, 6.45) is 0. The number of nitro benzene ring substituents is 1. The molecule has 1 aromatic rings. The first-order chi connectivity index (χ1) is 11.4. The molecule has 1 amide bonds. The summed E-state index contributed by atoms with van der Waals surface area (Å²) >= 11 is 0. The second kappa shape index (κ2) is 12.4. The van der Waals surface area contributed by atoms with Gasteiger partial charge in [-0.15, -0.1) is 24.0 Å². The molecule has 1 rings (SSSR count). The minimum atomic E-state index is -0.445. The fraction of sp³-hybridized carbons (Fsp3) is 0.467. The Kier molecular flexibility index (Phi) is 11.4. The molecule has 0 aromatic heterocycles. The summed E-state index contributed by atoms with van der Waals surface area (Å²) in [6, 6.07) is 6.18. The van der Waals surface area contributed by atoms with Crippen LogP contribution in [0.2, 0.25) is 0 Å². The maximum absolute atomic E-state index is 11.6. The van der Waals surface area contributed by atoms with E-state index in [4.69, 9.17) is 4.74 Å². The van der Waals surface area contributed by atoms with E-state index in [0.29, 0.717) is 25.7 Å². The summed E-state index contributed by atoms with van der Waals surface area (Å²) in [6.45, 7) is 1.49. The molecular weight excluding hydrogens is 441 g/mol. The Hall–Kier alpha value is -1.95. The first-order valence-corrected chi connectivity index (χ1v) is 7.38. The molecule has 0 aliphatic rings. The largest absolute Gasteiger partial charge is 0.383 e. The number of nitrogens with one attached hydrogen (secondary N) is 2. The molecule has 0 heterocycles. The van der Waals surface area contributed by atoms with Gasteiger partial charge >= 0.3 is 0 Å². The van der Waals surface area contributed by atoms with Gasteiger partial charge in [0.15, 0.2) is 5.96 Å². The monoisotopic (exact) mass is 465 g/mol. The molecule has 0 bridgehead atoms. The second-order valence-electron chi connectivity index (χ2n) is 5.15. The van der Waals surface area contributed by atoms with Gasteiger partial charge in [0.1, 0.15) is 0 Å². The maximum atomic E-state index is 11.6. The molecule has 25 heavy (non-hydrogen) atoms. The molecule has 9 nitrogen and oxygen atoms in total. The maximum Gasteiger partial charge on any atom is 0.269 e. The summed E-state index contributed by atoms with van der Waals surface area (Å²) in [5.74, 6) is 0.396. The van der Waals surface area contributed by atoms with Gasteiger partial charge in [0.05, 0.1) is 24.6 Å². The van der Waals surface area contributed by atoms with Crippen LogP contribution in [0.15, 0.2) is 29.3 Å². The van der Waals surface area contributed by atoms with Crippen LogP contribution < -0.4 is 10.6 Å². The molecular formula is C15H24IN5O4. The Morgan fingerprint density at radius 1 is 1.28 bits per heavy atom. The molecule has 0 saturated heterocycles. The lowest BCUT2D eigenvalue weighted by Gasteiger charge is -2.14. The third-order valence-corrected chi connectivity index (χ3v) is 3.07. The van der Waals surface area contributed by atoms with Gasteiger partial charge in [-0.25, -0.2) is 4.99 Å². The van der Waals surface area contributed by atoms with Crippen molar-refractivity contribution in [3.8, 4) is 0 Å². The van der Waals surface area contributed by atoms with E-state index in [1.807, 2.05) is 0 Å². The fourth-order valence-corrected chi connectivity index (χ4v) is 1.66. The zero-order chi connectivity index (χ0) is 17.9. The highest BCUT2D eigenvalue weighted by Gasteiger charge is 2.07. The Morgan fingerprint density at radius 3 is 2.44 bits per heavy atom. The number of halogens is 1. The third-order valence-electron chi connectivity index (χ3n) is 3.07. The number of amides is 1. The summed E-state index contributed by atoms with van der Waals surface area (Å²) in [5, 5.41) is 16.6. The highest BCUT2D eigenvalue weighted by molar-refractivity contribution is 14.0. The first kappa shape index (κ1) is 23.1. The van der Waals surface area contributed by atoms with Crippen LogP contribution in [0.3, 0.4) is 0 Å². The predicted molar refractivity (Wildman–Crippen MR) is 106 cm³/mol. The van der Waals surface area contributed by atoms with E-state index in [1.165, 1.54) is 17.0 Å². The number of benzene rings is 1. The number of nitrogens with zero attached hydrogens (tertiary/aromatic N) is 3. The number of non-ortho nitro benzene ring substituents is 1. The molecule has 0 fully saturated rings. The van der Waals surface area contributed by atoms with Crippen molar-refractivity contribution in [1.29, 1.82) is 0 Å². The molecule has 0 unspecified atom stereocenters. The van der Waals surface area contributed by atoms with Crippen LogP contribution in [-0.4, -0.2) is 62.6 Å². The lowest BCUT2D eigenvalue weighted by molar-refractivity contribution is -0.384. The number of guanidine groups is 1. The molecule has 0 aliphatic carbocycles. The molecule has 0 spiro atoms. The number of hydrogen-bond donors (Lipinski definition) is 2. The van der Waals surface area contributed by atoms with Crippen molar-refractivity contribution in [2.45, 2.75) is 6.54 Å². The number of rotatable bonds is 8. The van der Waals surface area contributed by atoms with Crippen LogP contribution in [0.25, 0.3) is 0 Å². The average Bonchev–Trinajstić information content (AvgIpc) is 2.56. The van der Waals surface area contributed by atoms with Crippen LogP contribution in [0.5, 0.6) is 0 Å². The van der Waals surface area contributed by atoms with Crippen molar-refractivity contribution in [2.24, 2.45) is 4.99 Å². The van der Waals surface area contributed by atoms with Gasteiger partial charge in [-0.2, -0.15) is 0 Å². The zero-order valence-corrected chi connectivity index (χ0v) is 16.9. The van der Waals surface area contributed by atoms with E-state index in [0.717, 1.165) is 5.56 Å². The number of aliphatic imine (C=N–C) groups is 1. The first-order valence-electron chi connectivity index (χ1n) is 7.38. The van der Waals surface area contributed by atoms with E-state index in [1.54, 1.807) is 33.3 Å². The Bertz CT molecular complexity index is 578. The van der Waals surface area contributed by atoms with E-state index >= 15 is 0 Å². The van der Waals surface area contributed by atoms with Crippen molar-refractivity contribution in [3.05, 3.63) is 39.9 Å². The highest BCUT2D eigenvalue weighted by Crippen LogP contribution is 2.12. The van der Waals surface area contributed by atoms with E-state index in [9.17, 15) is 14.9 Å². The number of carbonyl (C=O) groups is 1. The molecule has 0 radical (unpaired) electrons. The summed E-state index contributed by atoms with van der Waals surface area (Å²) in [5.41, 5.74) is 0.864. The van der Waals surface area contributed by atoms with Crippen molar-refractivity contribution < 1.29 is 14.5 Å². The second-order valence-corrected chi connectivity index (χ2v) is 5.15. The van der Waals surface area contributed by atoms with Crippen LogP contribution in [0.1, 0.15) is 5.56 Å². The molecule has 2 N–H and O–H groups in total. The van der Waals surface area contributed by atoms with E-state index in [-0.39, 0.29) is 42.1 Å². The van der Waals surface area contributed by atoms with Gasteiger partial charge in [-0.3, -0.25) is 14.9 Å². The molecule has 0 atom stereocenters. The van der Waals surface area contributed by atoms with Gasteiger partial charge < -0.3 is 20.3 Å². The predicted octanol–water partition coefficient (Wildman–Crippen LogP) is 0.983. The SMILES string of the molecule is COCCNC(=NCc1ccc([N+](=O)[O-])cc1)NCC(=O)N(C)C.I. The van der Waals surface area contributed by atoms with Crippen LogP contribution in [0, 0.1) is 10.1 Å². The van der Waals surface area contributed by atoms with Gasteiger partial charge in [0, 0.05) is 39.9 Å². The molecule has 10 heteroatoms. The normalized spacial score (nSPS) is 10.6. The number of nitro groups is 1. The summed E-state index contributed by atoms with van der Waals surface area (Å²) in [4.78, 5) is 27.7. The van der Waals surface area contributed by atoms with Gasteiger partial charge in [-0.1, -0.05) is 12.1 Å². The Balaban J connectivity index is 0.00000576. The van der Waals surface area contributed by atoms with E-state index < -0.39 is 4.92 Å². The number of carbonyl (C=O) groups excluding carboxylic acids is 1. The van der Waals surface area contributed by atoms with Crippen molar-refractivity contribution >= 4 is 41.5 Å². The minimum absolute atomic E-state index is 0. The number of methoxy groups -OCH3 is 1. The lowest BCUT2D eigenvalue weighted by Crippen LogP contribution is -2.43.